The maximum absolute atomic E-state index is 14.1. The molecule has 1 aromatic carbocycles. The van der Waals surface area contributed by atoms with Crippen molar-refractivity contribution in [1.82, 2.24) is 4.98 Å². The van der Waals surface area contributed by atoms with E-state index < -0.39 is 5.95 Å². The number of rotatable bonds is 8. The van der Waals surface area contributed by atoms with Crippen molar-refractivity contribution >= 4 is 29.0 Å². The highest BCUT2D eigenvalue weighted by molar-refractivity contribution is 6.38. The number of halogens is 3. The van der Waals surface area contributed by atoms with Crippen LogP contribution in [0.4, 0.5) is 10.2 Å². The Morgan fingerprint density at radius 1 is 1.23 bits per heavy atom. The van der Waals surface area contributed by atoms with Gasteiger partial charge in [0.2, 0.25) is 5.95 Å². The minimum atomic E-state index is -0.904. The Morgan fingerprint density at radius 2 is 1.96 bits per heavy atom. The van der Waals surface area contributed by atoms with Crippen molar-refractivity contribution in [3.63, 3.8) is 0 Å². The number of nitrogens with zero attached hydrogens (tertiary/aromatic N) is 1. The lowest BCUT2D eigenvalue weighted by molar-refractivity contribution is 0.286. The summed E-state index contributed by atoms with van der Waals surface area (Å²) in [4.78, 5) is 3.71. The fourth-order valence-corrected chi connectivity index (χ4v) is 2.79. The van der Waals surface area contributed by atoms with Crippen LogP contribution in [0, 0.1) is 5.95 Å². The van der Waals surface area contributed by atoms with Gasteiger partial charge < -0.3 is 20.3 Å². The standard InChI is InChI=1S/C18H21Cl2FN2O3/c1-10(2)12-9-11(5-6-13(12)25)26-16-14(19)17(21)23-18(15(16)20)22-7-3-4-8-24/h5-6,9-10,24-25H,3-4,7-8H2,1-2H3,(H,22,23). The van der Waals surface area contributed by atoms with E-state index in [1.807, 2.05) is 13.8 Å². The number of aliphatic hydroxyl groups excluding tert-OH is 1. The van der Waals surface area contributed by atoms with E-state index in [0.29, 0.717) is 30.7 Å². The van der Waals surface area contributed by atoms with Crippen LogP contribution in [0.25, 0.3) is 0 Å². The molecular formula is C18H21Cl2FN2O3. The third-order valence-corrected chi connectivity index (χ3v) is 4.39. The van der Waals surface area contributed by atoms with Gasteiger partial charge in [-0.05, 0) is 37.0 Å². The van der Waals surface area contributed by atoms with Crippen LogP contribution in [0.3, 0.4) is 0 Å². The molecule has 0 amide bonds. The molecule has 0 aliphatic heterocycles. The summed E-state index contributed by atoms with van der Waals surface area (Å²) in [6, 6.07) is 4.69. The number of phenols is 1. The van der Waals surface area contributed by atoms with Gasteiger partial charge in [-0.2, -0.15) is 9.37 Å². The number of hydrogen-bond donors (Lipinski definition) is 3. The molecule has 2 rings (SSSR count). The molecule has 142 valence electrons. The van der Waals surface area contributed by atoms with Gasteiger partial charge in [0, 0.05) is 18.7 Å². The quantitative estimate of drug-likeness (QED) is 0.410. The minimum Gasteiger partial charge on any atom is -0.508 e. The summed E-state index contributed by atoms with van der Waals surface area (Å²) in [6.07, 6.45) is 1.28. The third kappa shape index (κ3) is 4.90. The van der Waals surface area contributed by atoms with Gasteiger partial charge in [-0.3, -0.25) is 0 Å². The highest BCUT2D eigenvalue weighted by Crippen LogP contribution is 2.42. The maximum Gasteiger partial charge on any atom is 0.237 e. The summed E-state index contributed by atoms with van der Waals surface area (Å²) in [5.74, 6) is -0.250. The van der Waals surface area contributed by atoms with Crippen molar-refractivity contribution in [2.75, 3.05) is 18.5 Å². The Labute approximate surface area is 161 Å². The van der Waals surface area contributed by atoms with Crippen LogP contribution in [-0.2, 0) is 0 Å². The molecule has 0 bridgehead atoms. The van der Waals surface area contributed by atoms with E-state index in [1.54, 1.807) is 12.1 Å². The molecule has 0 unspecified atom stereocenters. The topological polar surface area (TPSA) is 74.6 Å². The zero-order valence-electron chi connectivity index (χ0n) is 14.5. The Balaban J connectivity index is 2.31. The molecular weight excluding hydrogens is 382 g/mol. The van der Waals surface area contributed by atoms with Gasteiger partial charge in [-0.25, -0.2) is 0 Å². The number of aromatic nitrogens is 1. The number of phenolic OH excluding ortho intramolecular Hbond substituents is 1. The van der Waals surface area contributed by atoms with Gasteiger partial charge in [0.15, 0.2) is 11.6 Å². The first-order valence-electron chi connectivity index (χ1n) is 8.25. The van der Waals surface area contributed by atoms with Crippen LogP contribution >= 0.6 is 23.2 Å². The number of nitrogens with one attached hydrogen (secondary N) is 1. The lowest BCUT2D eigenvalue weighted by Crippen LogP contribution is -2.07. The first kappa shape index (κ1) is 20.6. The van der Waals surface area contributed by atoms with E-state index in [1.165, 1.54) is 6.07 Å². The monoisotopic (exact) mass is 402 g/mol. The molecule has 0 atom stereocenters. The molecule has 8 heteroatoms. The predicted octanol–water partition coefficient (Wildman–Crippen LogP) is 5.33. The second-order valence-electron chi connectivity index (χ2n) is 6.04. The normalized spacial score (nSPS) is 11.0. The average molecular weight is 403 g/mol. The number of aliphatic hydroxyl groups is 1. The summed E-state index contributed by atoms with van der Waals surface area (Å²) in [5.41, 5.74) is 0.687. The molecule has 0 aliphatic rings. The molecule has 0 saturated carbocycles. The fourth-order valence-electron chi connectivity index (χ4n) is 2.32. The van der Waals surface area contributed by atoms with Crippen molar-refractivity contribution in [1.29, 1.82) is 0 Å². The Morgan fingerprint density at radius 3 is 2.62 bits per heavy atom. The summed E-state index contributed by atoms with van der Waals surface area (Å²) in [7, 11) is 0. The second-order valence-corrected chi connectivity index (χ2v) is 6.80. The number of ether oxygens (including phenoxy) is 1. The molecule has 2 aromatic rings. The van der Waals surface area contributed by atoms with Gasteiger partial charge in [0.25, 0.3) is 0 Å². The third-order valence-electron chi connectivity index (χ3n) is 3.72. The smallest absolute Gasteiger partial charge is 0.237 e. The molecule has 0 fully saturated rings. The molecule has 26 heavy (non-hydrogen) atoms. The van der Waals surface area contributed by atoms with Gasteiger partial charge in [0.1, 0.15) is 21.5 Å². The molecule has 0 spiro atoms. The molecule has 1 heterocycles. The van der Waals surface area contributed by atoms with Crippen molar-refractivity contribution in [2.45, 2.75) is 32.6 Å². The van der Waals surface area contributed by atoms with Crippen LogP contribution in [0.5, 0.6) is 17.2 Å². The number of pyridine rings is 1. The van der Waals surface area contributed by atoms with Crippen LogP contribution in [-0.4, -0.2) is 28.3 Å². The van der Waals surface area contributed by atoms with Crippen LogP contribution < -0.4 is 10.1 Å². The van der Waals surface area contributed by atoms with Gasteiger partial charge in [-0.15, -0.1) is 0 Å². The van der Waals surface area contributed by atoms with E-state index in [2.05, 4.69) is 10.3 Å². The minimum absolute atomic E-state index is 0.0501. The van der Waals surface area contributed by atoms with Crippen molar-refractivity contribution in [3.8, 4) is 17.2 Å². The van der Waals surface area contributed by atoms with E-state index in [4.69, 9.17) is 33.0 Å². The highest BCUT2D eigenvalue weighted by Gasteiger charge is 2.20. The number of benzene rings is 1. The summed E-state index contributed by atoms with van der Waals surface area (Å²) in [6.45, 7) is 4.40. The van der Waals surface area contributed by atoms with E-state index >= 15 is 0 Å². The predicted molar refractivity (Wildman–Crippen MR) is 101 cm³/mol. The Hall–Kier alpha value is -1.76. The first-order valence-corrected chi connectivity index (χ1v) is 9.00. The molecule has 0 radical (unpaired) electrons. The van der Waals surface area contributed by atoms with Crippen molar-refractivity contribution in [3.05, 3.63) is 39.8 Å². The van der Waals surface area contributed by atoms with Crippen LogP contribution in [0.15, 0.2) is 18.2 Å². The molecule has 5 nitrogen and oxygen atoms in total. The molecule has 1 aromatic heterocycles. The second kappa shape index (κ2) is 9.26. The Bertz CT molecular complexity index is 773. The Kier molecular flexibility index (Phi) is 7.32. The highest BCUT2D eigenvalue weighted by atomic mass is 35.5. The summed E-state index contributed by atoms with van der Waals surface area (Å²) in [5, 5.41) is 21.3. The number of unbranched alkanes of at least 4 members (excludes halogenated alkanes) is 1. The van der Waals surface area contributed by atoms with Crippen molar-refractivity contribution < 1.29 is 19.3 Å². The summed E-state index contributed by atoms with van der Waals surface area (Å²) < 4.78 is 19.8. The molecule has 0 saturated heterocycles. The zero-order valence-corrected chi connectivity index (χ0v) is 16.0. The number of hydrogen-bond acceptors (Lipinski definition) is 5. The fraction of sp³-hybridized carbons (Fsp3) is 0.389. The number of aromatic hydroxyl groups is 1. The van der Waals surface area contributed by atoms with Crippen LogP contribution in [0.1, 0.15) is 38.2 Å². The molecule has 3 N–H and O–H groups in total. The summed E-state index contributed by atoms with van der Waals surface area (Å²) >= 11 is 12.3. The van der Waals surface area contributed by atoms with Gasteiger partial charge >= 0.3 is 0 Å². The lowest BCUT2D eigenvalue weighted by atomic mass is 10.0. The van der Waals surface area contributed by atoms with Crippen LogP contribution in [0.2, 0.25) is 10.0 Å². The molecule has 0 aliphatic carbocycles. The van der Waals surface area contributed by atoms with Gasteiger partial charge in [-0.1, -0.05) is 37.0 Å². The van der Waals surface area contributed by atoms with Gasteiger partial charge in [0.05, 0.1) is 0 Å². The number of anilines is 1. The SMILES string of the molecule is CC(C)c1cc(Oc2c(Cl)c(F)nc(NCCCCO)c2Cl)ccc1O. The van der Waals surface area contributed by atoms with E-state index in [9.17, 15) is 9.50 Å². The van der Waals surface area contributed by atoms with E-state index in [-0.39, 0.29) is 39.9 Å². The maximum atomic E-state index is 14.1. The first-order chi connectivity index (χ1) is 12.3. The average Bonchev–Trinajstić information content (AvgIpc) is 2.60. The lowest BCUT2D eigenvalue weighted by Gasteiger charge is -2.15. The van der Waals surface area contributed by atoms with E-state index in [0.717, 1.165) is 0 Å². The zero-order chi connectivity index (χ0) is 19.3. The largest absolute Gasteiger partial charge is 0.508 e. The van der Waals surface area contributed by atoms with Crippen molar-refractivity contribution in [2.24, 2.45) is 0 Å².